The van der Waals surface area contributed by atoms with Crippen molar-refractivity contribution in [3.8, 4) is 0 Å². The van der Waals surface area contributed by atoms with Crippen molar-refractivity contribution in [1.29, 1.82) is 0 Å². The molecule has 3 unspecified atom stereocenters. The van der Waals surface area contributed by atoms with Crippen LogP contribution < -0.4 is 5.32 Å². The third-order valence-corrected chi connectivity index (χ3v) is 5.01. The highest BCUT2D eigenvalue weighted by molar-refractivity contribution is 8.00. The van der Waals surface area contributed by atoms with Gasteiger partial charge in [-0.25, -0.2) is 0 Å². The lowest BCUT2D eigenvalue weighted by Gasteiger charge is -2.27. The molecule has 1 aliphatic carbocycles. The zero-order chi connectivity index (χ0) is 11.4. The number of carbonyl (C=O) groups excluding carboxylic acids is 1. The number of rotatable bonds is 3. The number of thioether (sulfide) groups is 1. The van der Waals surface area contributed by atoms with Crippen molar-refractivity contribution in [2.24, 2.45) is 5.92 Å². The number of hydrogen-bond acceptors (Lipinski definition) is 3. The minimum absolute atomic E-state index is 0.167. The molecular formula is C12H21NO2S. The first-order chi connectivity index (χ1) is 7.77. The molecule has 1 saturated heterocycles. The molecular weight excluding hydrogens is 222 g/mol. The maximum absolute atomic E-state index is 11.8. The number of amides is 1. The number of carbonyl (C=O) groups is 1. The van der Waals surface area contributed by atoms with E-state index in [0.717, 1.165) is 37.9 Å². The summed E-state index contributed by atoms with van der Waals surface area (Å²) in [5.74, 6) is 1.58. The fourth-order valence-electron chi connectivity index (χ4n) is 2.56. The molecule has 2 N–H and O–H groups in total. The fourth-order valence-corrected chi connectivity index (χ4v) is 3.74. The van der Waals surface area contributed by atoms with Crippen LogP contribution in [0.15, 0.2) is 0 Å². The smallest absolute Gasteiger partial charge is 0.233 e. The van der Waals surface area contributed by atoms with Gasteiger partial charge >= 0.3 is 0 Å². The highest BCUT2D eigenvalue weighted by atomic mass is 32.2. The van der Waals surface area contributed by atoms with Crippen molar-refractivity contribution in [3.63, 3.8) is 0 Å². The van der Waals surface area contributed by atoms with Gasteiger partial charge in [-0.3, -0.25) is 4.79 Å². The highest BCUT2D eigenvalue weighted by Gasteiger charge is 2.26. The van der Waals surface area contributed by atoms with Gasteiger partial charge in [-0.1, -0.05) is 12.8 Å². The molecule has 2 rings (SSSR count). The highest BCUT2D eigenvalue weighted by Crippen LogP contribution is 2.27. The lowest BCUT2D eigenvalue weighted by Crippen LogP contribution is -2.39. The van der Waals surface area contributed by atoms with Gasteiger partial charge in [0, 0.05) is 12.5 Å². The largest absolute Gasteiger partial charge is 0.393 e. The maximum atomic E-state index is 11.8. The van der Waals surface area contributed by atoms with Crippen LogP contribution >= 0.6 is 11.8 Å². The Balaban J connectivity index is 1.71. The Labute approximate surface area is 101 Å². The third-order valence-electron chi connectivity index (χ3n) is 3.63. The number of nitrogens with one attached hydrogen (secondary N) is 1. The first-order valence-electron chi connectivity index (χ1n) is 6.35. The van der Waals surface area contributed by atoms with Crippen LogP contribution in [0.2, 0.25) is 0 Å². The molecule has 0 aromatic carbocycles. The van der Waals surface area contributed by atoms with Gasteiger partial charge in [0.1, 0.15) is 0 Å². The topological polar surface area (TPSA) is 49.3 Å². The predicted octanol–water partition coefficient (Wildman–Crippen LogP) is 1.55. The molecule has 1 aliphatic heterocycles. The average molecular weight is 243 g/mol. The zero-order valence-corrected chi connectivity index (χ0v) is 10.5. The summed E-state index contributed by atoms with van der Waals surface area (Å²) in [7, 11) is 0. The minimum atomic E-state index is -0.203. The first-order valence-corrected chi connectivity index (χ1v) is 7.39. The quantitative estimate of drug-likeness (QED) is 0.790. The van der Waals surface area contributed by atoms with E-state index >= 15 is 0 Å². The first kappa shape index (κ1) is 12.2. The van der Waals surface area contributed by atoms with Gasteiger partial charge in [-0.05, 0) is 31.4 Å². The summed E-state index contributed by atoms with van der Waals surface area (Å²) in [6.45, 7) is 0.664. The Bertz CT molecular complexity index is 241. The summed E-state index contributed by atoms with van der Waals surface area (Å²) in [5, 5.41) is 13.0. The maximum Gasteiger partial charge on any atom is 0.233 e. The zero-order valence-electron chi connectivity index (χ0n) is 9.65. The van der Waals surface area contributed by atoms with Crippen LogP contribution in [0.1, 0.15) is 38.5 Å². The third kappa shape index (κ3) is 3.14. The SMILES string of the molecule is O=C(NCC1CCCCC1O)C1CCCS1. The lowest BCUT2D eigenvalue weighted by molar-refractivity contribution is -0.121. The summed E-state index contributed by atoms with van der Waals surface area (Å²) in [6, 6.07) is 0. The van der Waals surface area contributed by atoms with Gasteiger partial charge in [0.15, 0.2) is 0 Å². The van der Waals surface area contributed by atoms with Gasteiger partial charge in [0.05, 0.1) is 11.4 Å². The van der Waals surface area contributed by atoms with Gasteiger partial charge in [-0.2, -0.15) is 0 Å². The normalized spacial score (nSPS) is 34.9. The van der Waals surface area contributed by atoms with Crippen LogP contribution in [-0.2, 0) is 4.79 Å². The van der Waals surface area contributed by atoms with Crippen LogP contribution in [0.5, 0.6) is 0 Å². The van der Waals surface area contributed by atoms with Gasteiger partial charge in [-0.15, -0.1) is 11.8 Å². The van der Waals surface area contributed by atoms with E-state index in [1.165, 1.54) is 6.42 Å². The molecule has 0 aromatic rings. The van der Waals surface area contributed by atoms with E-state index in [2.05, 4.69) is 5.32 Å². The molecule has 0 aromatic heterocycles. The van der Waals surface area contributed by atoms with Crippen LogP contribution in [0, 0.1) is 5.92 Å². The molecule has 2 fully saturated rings. The second-order valence-electron chi connectivity index (χ2n) is 4.86. The molecule has 1 saturated carbocycles. The van der Waals surface area contributed by atoms with Crippen molar-refractivity contribution in [2.45, 2.75) is 49.9 Å². The van der Waals surface area contributed by atoms with E-state index in [9.17, 15) is 9.90 Å². The molecule has 0 spiro atoms. The summed E-state index contributed by atoms with van der Waals surface area (Å²) in [6.07, 6.45) is 6.25. The summed E-state index contributed by atoms with van der Waals surface area (Å²) < 4.78 is 0. The number of aliphatic hydroxyl groups excluding tert-OH is 1. The summed E-state index contributed by atoms with van der Waals surface area (Å²) in [4.78, 5) is 11.8. The van der Waals surface area contributed by atoms with Crippen LogP contribution in [0.25, 0.3) is 0 Å². The molecule has 16 heavy (non-hydrogen) atoms. The molecule has 1 heterocycles. The fraction of sp³-hybridized carbons (Fsp3) is 0.917. The van der Waals surface area contributed by atoms with Crippen molar-refractivity contribution in [1.82, 2.24) is 5.32 Å². The molecule has 1 amide bonds. The minimum Gasteiger partial charge on any atom is -0.393 e. The Hall–Kier alpha value is -0.220. The van der Waals surface area contributed by atoms with Crippen molar-refractivity contribution in [2.75, 3.05) is 12.3 Å². The van der Waals surface area contributed by atoms with E-state index in [1.807, 2.05) is 0 Å². The number of hydrogen-bond donors (Lipinski definition) is 2. The molecule has 3 atom stereocenters. The van der Waals surface area contributed by atoms with E-state index in [1.54, 1.807) is 11.8 Å². The molecule has 92 valence electrons. The van der Waals surface area contributed by atoms with Gasteiger partial charge in [0.2, 0.25) is 5.91 Å². The second-order valence-corrected chi connectivity index (χ2v) is 6.17. The van der Waals surface area contributed by atoms with E-state index < -0.39 is 0 Å². The molecule has 4 heteroatoms. The Morgan fingerprint density at radius 1 is 1.25 bits per heavy atom. The van der Waals surface area contributed by atoms with Gasteiger partial charge < -0.3 is 10.4 Å². The second kappa shape index (κ2) is 5.92. The van der Waals surface area contributed by atoms with Crippen molar-refractivity contribution in [3.05, 3.63) is 0 Å². The Morgan fingerprint density at radius 2 is 2.06 bits per heavy atom. The average Bonchev–Trinajstić information content (AvgIpc) is 2.81. The molecule has 3 nitrogen and oxygen atoms in total. The Kier molecular flexibility index (Phi) is 4.53. The summed E-state index contributed by atoms with van der Waals surface area (Å²) >= 11 is 1.76. The van der Waals surface area contributed by atoms with E-state index in [4.69, 9.17) is 0 Å². The monoisotopic (exact) mass is 243 g/mol. The van der Waals surface area contributed by atoms with Crippen LogP contribution in [-0.4, -0.2) is 34.7 Å². The van der Waals surface area contributed by atoms with E-state index in [-0.39, 0.29) is 23.2 Å². The lowest BCUT2D eigenvalue weighted by atomic mass is 9.86. The van der Waals surface area contributed by atoms with Crippen molar-refractivity contribution >= 4 is 17.7 Å². The van der Waals surface area contributed by atoms with Gasteiger partial charge in [0.25, 0.3) is 0 Å². The predicted molar refractivity (Wildman–Crippen MR) is 66.5 cm³/mol. The molecule has 2 aliphatic rings. The molecule has 0 radical (unpaired) electrons. The van der Waals surface area contributed by atoms with Crippen LogP contribution in [0.4, 0.5) is 0 Å². The van der Waals surface area contributed by atoms with E-state index in [0.29, 0.717) is 6.54 Å². The Morgan fingerprint density at radius 3 is 2.75 bits per heavy atom. The summed E-state index contributed by atoms with van der Waals surface area (Å²) in [5.41, 5.74) is 0. The van der Waals surface area contributed by atoms with Crippen LogP contribution in [0.3, 0.4) is 0 Å². The number of aliphatic hydroxyl groups is 1. The van der Waals surface area contributed by atoms with Crippen molar-refractivity contribution < 1.29 is 9.90 Å². The standard InChI is InChI=1S/C12H21NO2S/c14-10-5-2-1-4-9(10)8-13-12(15)11-6-3-7-16-11/h9-11,14H,1-8H2,(H,13,15). The molecule has 0 bridgehead atoms.